The number of nitrogens with two attached hydrogens (primary N) is 1. The summed E-state index contributed by atoms with van der Waals surface area (Å²) in [7, 11) is -3.04. The lowest BCUT2D eigenvalue weighted by Gasteiger charge is -2.02. The molecule has 12 heavy (non-hydrogen) atoms. The van der Waals surface area contributed by atoms with Crippen LogP contribution in [0.15, 0.2) is 4.99 Å². The molecule has 6 heteroatoms. The van der Waals surface area contributed by atoms with Crippen LogP contribution in [0.5, 0.6) is 0 Å². The fraction of sp³-hybridized carbons (Fsp3) is 0.833. The van der Waals surface area contributed by atoms with Crippen LogP contribution in [0.3, 0.4) is 0 Å². The highest BCUT2D eigenvalue weighted by molar-refractivity contribution is 7.91. The number of hydrazine groups is 1. The molecule has 0 rings (SSSR count). The molecule has 0 aliphatic carbocycles. The average Bonchev–Trinajstić information content (AvgIpc) is 1.95. The Kier molecular flexibility index (Phi) is 4.84. The molecular weight excluding hydrogens is 178 g/mol. The van der Waals surface area contributed by atoms with Gasteiger partial charge in [-0.15, -0.1) is 0 Å². The van der Waals surface area contributed by atoms with Crippen molar-refractivity contribution in [3.8, 4) is 0 Å². The van der Waals surface area contributed by atoms with Gasteiger partial charge in [0.2, 0.25) is 0 Å². The summed E-state index contributed by atoms with van der Waals surface area (Å²) in [5.41, 5.74) is 2.26. The third-order valence-electron chi connectivity index (χ3n) is 1.09. The summed E-state index contributed by atoms with van der Waals surface area (Å²) in [6, 6.07) is 0. The van der Waals surface area contributed by atoms with E-state index in [1.54, 1.807) is 0 Å². The van der Waals surface area contributed by atoms with Crippen molar-refractivity contribution in [2.24, 2.45) is 10.8 Å². The zero-order valence-electron chi connectivity index (χ0n) is 7.37. The molecule has 0 aliphatic heterocycles. The van der Waals surface area contributed by atoms with Gasteiger partial charge in [-0.05, 0) is 6.42 Å². The topological polar surface area (TPSA) is 84.5 Å². The highest BCUT2D eigenvalue weighted by atomic mass is 32.2. The van der Waals surface area contributed by atoms with Gasteiger partial charge < -0.3 is 5.43 Å². The zero-order chi connectivity index (χ0) is 9.61. The predicted octanol–water partition coefficient (Wildman–Crippen LogP) is -0.697. The van der Waals surface area contributed by atoms with Gasteiger partial charge in [0.25, 0.3) is 0 Å². The summed E-state index contributed by atoms with van der Waals surface area (Å²) in [5.74, 6) is 5.27. The van der Waals surface area contributed by atoms with Crippen LogP contribution in [0.2, 0.25) is 0 Å². The first-order valence-corrected chi connectivity index (χ1v) is 5.73. The molecule has 0 heterocycles. The van der Waals surface area contributed by atoms with Gasteiger partial charge in [0, 0.05) is 12.8 Å². The monoisotopic (exact) mass is 193 g/mol. The fourth-order valence-electron chi connectivity index (χ4n) is 0.628. The Hall–Kier alpha value is -0.620. The molecule has 0 aromatic heterocycles. The van der Waals surface area contributed by atoms with Gasteiger partial charge in [0.05, 0.1) is 0 Å². The van der Waals surface area contributed by atoms with E-state index in [1.165, 1.54) is 0 Å². The quantitative estimate of drug-likeness (QED) is 0.268. The van der Waals surface area contributed by atoms with Gasteiger partial charge in [0.1, 0.15) is 11.6 Å². The molecule has 0 aliphatic rings. The van der Waals surface area contributed by atoms with E-state index in [9.17, 15) is 8.42 Å². The molecule has 0 atom stereocenters. The molecule has 0 bridgehead atoms. The van der Waals surface area contributed by atoms with Crippen LogP contribution < -0.4 is 11.3 Å². The largest absolute Gasteiger partial charge is 0.311 e. The van der Waals surface area contributed by atoms with Crippen molar-refractivity contribution in [2.75, 3.05) is 18.6 Å². The second-order valence-electron chi connectivity index (χ2n) is 2.54. The van der Waals surface area contributed by atoms with Crippen LogP contribution in [0.25, 0.3) is 0 Å². The van der Waals surface area contributed by atoms with Gasteiger partial charge in [-0.3, -0.25) is 4.99 Å². The Labute approximate surface area is 72.9 Å². The Bertz CT molecular complexity index is 246. The summed E-state index contributed by atoms with van der Waals surface area (Å²) in [5, 5.41) is 0. The molecule has 0 amide bonds. The summed E-state index contributed by atoms with van der Waals surface area (Å²) >= 11 is 0. The number of nitrogens with zero attached hydrogens (tertiary/aromatic N) is 1. The van der Waals surface area contributed by atoms with E-state index in [-0.39, 0.29) is 5.75 Å². The lowest BCUT2D eigenvalue weighted by Crippen LogP contribution is -2.35. The minimum Gasteiger partial charge on any atom is -0.311 e. The van der Waals surface area contributed by atoms with E-state index >= 15 is 0 Å². The summed E-state index contributed by atoms with van der Waals surface area (Å²) in [6.45, 7) is 2.55. The van der Waals surface area contributed by atoms with Crippen molar-refractivity contribution < 1.29 is 8.42 Å². The fourth-order valence-corrected chi connectivity index (χ4v) is 1.30. The van der Waals surface area contributed by atoms with Crippen LogP contribution in [0.1, 0.15) is 13.3 Å². The van der Waals surface area contributed by atoms with Gasteiger partial charge >= 0.3 is 0 Å². The highest BCUT2D eigenvalue weighted by Crippen LogP contribution is 1.86. The van der Waals surface area contributed by atoms with Crippen molar-refractivity contribution in [1.82, 2.24) is 5.43 Å². The lowest BCUT2D eigenvalue weighted by atomic mass is 10.5. The van der Waals surface area contributed by atoms with E-state index < -0.39 is 9.84 Å². The third-order valence-corrected chi connectivity index (χ3v) is 1.89. The van der Waals surface area contributed by atoms with Crippen molar-refractivity contribution in [3.05, 3.63) is 0 Å². The maximum Gasteiger partial charge on any atom is 0.154 e. The number of aliphatic imine (C=N–C) groups is 1. The van der Waals surface area contributed by atoms with Gasteiger partial charge in [-0.1, -0.05) is 6.92 Å². The van der Waals surface area contributed by atoms with Crippen LogP contribution in [0, 0.1) is 0 Å². The summed E-state index contributed by atoms with van der Waals surface area (Å²) in [4.78, 5) is 3.95. The number of nitrogens with one attached hydrogen (secondary N) is 1. The van der Waals surface area contributed by atoms with Crippen molar-refractivity contribution >= 4 is 15.7 Å². The first-order chi connectivity index (χ1) is 5.49. The molecule has 0 saturated carbocycles. The SMILES string of the molecule is CCCN=C(CS(C)(=O)=O)NN. The second-order valence-corrected chi connectivity index (χ2v) is 4.68. The van der Waals surface area contributed by atoms with Crippen LogP contribution >= 0.6 is 0 Å². The summed E-state index contributed by atoms with van der Waals surface area (Å²) in [6.07, 6.45) is 2.01. The summed E-state index contributed by atoms with van der Waals surface area (Å²) < 4.78 is 21.6. The molecule has 0 aromatic carbocycles. The Morgan fingerprint density at radius 2 is 2.17 bits per heavy atom. The molecule has 0 unspecified atom stereocenters. The molecule has 0 radical (unpaired) electrons. The van der Waals surface area contributed by atoms with Crippen molar-refractivity contribution in [2.45, 2.75) is 13.3 Å². The number of hydrogen-bond donors (Lipinski definition) is 2. The first kappa shape index (κ1) is 11.4. The Morgan fingerprint density at radius 1 is 1.58 bits per heavy atom. The van der Waals surface area contributed by atoms with E-state index in [0.717, 1.165) is 12.7 Å². The predicted molar refractivity (Wildman–Crippen MR) is 49.6 cm³/mol. The molecule has 0 saturated heterocycles. The zero-order valence-corrected chi connectivity index (χ0v) is 8.19. The van der Waals surface area contributed by atoms with E-state index in [1.807, 2.05) is 6.92 Å². The number of sulfone groups is 1. The Morgan fingerprint density at radius 3 is 2.50 bits per heavy atom. The standard InChI is InChI=1S/C6H15N3O2S/c1-3-4-8-6(9-7)5-12(2,10)11/h3-5,7H2,1-2H3,(H,8,9). The smallest absolute Gasteiger partial charge is 0.154 e. The molecule has 0 aromatic rings. The maximum atomic E-state index is 10.8. The molecule has 0 spiro atoms. The Balaban J connectivity index is 4.18. The second kappa shape index (κ2) is 5.10. The van der Waals surface area contributed by atoms with Gasteiger partial charge in [-0.2, -0.15) is 0 Å². The first-order valence-electron chi connectivity index (χ1n) is 3.67. The normalized spacial score (nSPS) is 13.1. The average molecular weight is 193 g/mol. The minimum absolute atomic E-state index is 0.122. The van der Waals surface area contributed by atoms with E-state index in [2.05, 4.69) is 10.4 Å². The molecule has 0 fully saturated rings. The van der Waals surface area contributed by atoms with E-state index in [0.29, 0.717) is 12.4 Å². The maximum absolute atomic E-state index is 10.8. The van der Waals surface area contributed by atoms with Gasteiger partial charge in [-0.25, -0.2) is 14.3 Å². The highest BCUT2D eigenvalue weighted by Gasteiger charge is 2.06. The van der Waals surface area contributed by atoms with Crippen LogP contribution in [-0.4, -0.2) is 32.8 Å². The number of amidine groups is 1. The van der Waals surface area contributed by atoms with E-state index in [4.69, 9.17) is 5.84 Å². The lowest BCUT2D eigenvalue weighted by molar-refractivity contribution is 0.605. The molecule has 3 N–H and O–H groups in total. The van der Waals surface area contributed by atoms with Crippen molar-refractivity contribution in [1.29, 1.82) is 0 Å². The van der Waals surface area contributed by atoms with Crippen LogP contribution in [0.4, 0.5) is 0 Å². The number of rotatable bonds is 4. The molecule has 72 valence electrons. The minimum atomic E-state index is -3.04. The third kappa shape index (κ3) is 6.11. The van der Waals surface area contributed by atoms with Crippen LogP contribution in [-0.2, 0) is 9.84 Å². The molecular formula is C6H15N3O2S. The molecule has 5 nitrogen and oxygen atoms in total. The number of hydrogen-bond acceptors (Lipinski definition) is 4. The van der Waals surface area contributed by atoms with Crippen molar-refractivity contribution in [3.63, 3.8) is 0 Å². The van der Waals surface area contributed by atoms with Gasteiger partial charge in [0.15, 0.2) is 9.84 Å².